The molecular formula is C22H34N6O5S. The van der Waals surface area contributed by atoms with Crippen LogP contribution in [0.5, 0.6) is 0 Å². The Hall–Kier alpha value is -1.99. The van der Waals surface area contributed by atoms with Crippen LogP contribution in [0.15, 0.2) is 12.7 Å². The van der Waals surface area contributed by atoms with Gasteiger partial charge in [0.15, 0.2) is 23.5 Å². The van der Waals surface area contributed by atoms with Crippen molar-refractivity contribution in [2.24, 2.45) is 0 Å². The molecule has 0 amide bonds. The van der Waals surface area contributed by atoms with Crippen molar-refractivity contribution in [2.75, 3.05) is 18.8 Å². The lowest BCUT2D eigenvalue weighted by atomic mass is 10.1. The maximum atomic E-state index is 12.1. The minimum absolute atomic E-state index is 0.196. The van der Waals surface area contributed by atoms with Gasteiger partial charge in [-0.1, -0.05) is 0 Å². The monoisotopic (exact) mass is 494 g/mol. The zero-order valence-corrected chi connectivity index (χ0v) is 21.1. The van der Waals surface area contributed by atoms with Gasteiger partial charge < -0.3 is 30.0 Å². The second-order valence-corrected chi connectivity index (χ2v) is 10.7. The third-order valence-corrected chi connectivity index (χ3v) is 6.13. The Labute approximate surface area is 204 Å². The molecule has 0 aliphatic carbocycles. The highest BCUT2D eigenvalue weighted by Gasteiger charge is 2.55. The van der Waals surface area contributed by atoms with Gasteiger partial charge in [0.2, 0.25) is 0 Å². The van der Waals surface area contributed by atoms with Gasteiger partial charge in [-0.25, -0.2) is 15.0 Å². The number of fused-ring (bicyclic) bond motifs is 2. The third kappa shape index (κ3) is 5.46. The van der Waals surface area contributed by atoms with Crippen molar-refractivity contribution in [1.82, 2.24) is 24.8 Å². The molecule has 34 heavy (non-hydrogen) atoms. The van der Waals surface area contributed by atoms with E-state index < -0.39 is 22.9 Å². The summed E-state index contributed by atoms with van der Waals surface area (Å²) in [5.41, 5.74) is 6.54. The Morgan fingerprint density at radius 3 is 2.74 bits per heavy atom. The summed E-state index contributed by atoms with van der Waals surface area (Å²) in [6.45, 7) is 10.6. The molecule has 0 radical (unpaired) electrons. The maximum absolute atomic E-state index is 12.1. The van der Waals surface area contributed by atoms with Crippen molar-refractivity contribution in [3.05, 3.63) is 12.7 Å². The molecule has 0 bridgehead atoms. The lowest BCUT2D eigenvalue weighted by Crippen LogP contribution is -2.34. The summed E-state index contributed by atoms with van der Waals surface area (Å²) < 4.78 is 26.0. The first-order valence-electron chi connectivity index (χ1n) is 11.5. The van der Waals surface area contributed by atoms with Crippen LogP contribution in [0.4, 0.5) is 5.82 Å². The number of aromatic nitrogens is 4. The number of hydrogen-bond acceptors (Lipinski definition) is 11. The van der Waals surface area contributed by atoms with Crippen molar-refractivity contribution in [3.8, 4) is 0 Å². The standard InChI is InChI=1S/C22H34N6O5S/c1-21(2,3)33-20(29)13(34)7-9-24-8-6-12-15-16(32-22(4,5)31-15)19(30-12)28-11-27-14-17(23)25-10-26-18(14)28/h10-13,15-16,19,24,34H,6-9H2,1-5H3,(H2,23,25,26). The van der Waals surface area contributed by atoms with Crippen LogP contribution in [-0.4, -0.2) is 73.5 Å². The fraction of sp³-hybridized carbons (Fsp3) is 0.727. The zero-order valence-electron chi connectivity index (χ0n) is 20.2. The fourth-order valence-corrected chi connectivity index (χ4v) is 4.45. The molecule has 3 N–H and O–H groups in total. The van der Waals surface area contributed by atoms with Crippen molar-refractivity contribution < 1.29 is 23.7 Å². The first-order valence-corrected chi connectivity index (χ1v) is 12.0. The average molecular weight is 495 g/mol. The van der Waals surface area contributed by atoms with Crippen molar-refractivity contribution >= 4 is 35.6 Å². The van der Waals surface area contributed by atoms with Gasteiger partial charge in [-0.3, -0.25) is 9.36 Å². The smallest absolute Gasteiger partial charge is 0.319 e. The summed E-state index contributed by atoms with van der Waals surface area (Å²) in [5.74, 6) is -0.713. The largest absolute Gasteiger partial charge is 0.459 e. The van der Waals surface area contributed by atoms with E-state index in [4.69, 9.17) is 24.7 Å². The molecule has 5 unspecified atom stereocenters. The van der Waals surface area contributed by atoms with Gasteiger partial charge in [0.1, 0.15) is 34.9 Å². The number of thiol groups is 1. The van der Waals surface area contributed by atoms with Gasteiger partial charge in [0.25, 0.3) is 0 Å². The summed E-state index contributed by atoms with van der Waals surface area (Å²) in [5, 5.41) is 2.89. The fourth-order valence-electron chi connectivity index (χ4n) is 4.27. The summed E-state index contributed by atoms with van der Waals surface area (Å²) in [6, 6.07) is 0. The van der Waals surface area contributed by atoms with Crippen LogP contribution in [0.2, 0.25) is 0 Å². The molecule has 12 heteroatoms. The number of carbonyl (C=O) groups excluding carboxylic acids is 1. The van der Waals surface area contributed by atoms with Gasteiger partial charge in [-0.05, 0) is 60.5 Å². The number of nitrogens with two attached hydrogens (primary N) is 1. The van der Waals surface area contributed by atoms with Gasteiger partial charge in [0, 0.05) is 0 Å². The molecule has 2 aromatic heterocycles. The molecular weight excluding hydrogens is 460 g/mol. The number of hydrogen-bond donors (Lipinski definition) is 3. The first kappa shape index (κ1) is 25.1. The Morgan fingerprint density at radius 1 is 1.26 bits per heavy atom. The zero-order chi connectivity index (χ0) is 24.7. The van der Waals surface area contributed by atoms with E-state index in [1.807, 2.05) is 39.2 Å². The quantitative estimate of drug-likeness (QED) is 0.283. The van der Waals surface area contributed by atoms with Crippen molar-refractivity contribution in [3.63, 3.8) is 0 Å². The van der Waals surface area contributed by atoms with Crippen LogP contribution in [0.3, 0.4) is 0 Å². The van der Waals surface area contributed by atoms with E-state index in [2.05, 4.69) is 32.9 Å². The number of anilines is 1. The highest BCUT2D eigenvalue weighted by Crippen LogP contribution is 2.44. The molecule has 4 rings (SSSR count). The number of nitrogens with one attached hydrogen (secondary N) is 1. The van der Waals surface area contributed by atoms with Gasteiger partial charge >= 0.3 is 5.97 Å². The maximum Gasteiger partial charge on any atom is 0.319 e. The number of carbonyl (C=O) groups is 1. The third-order valence-electron chi connectivity index (χ3n) is 5.67. The molecule has 0 aromatic carbocycles. The van der Waals surface area contributed by atoms with E-state index in [1.165, 1.54) is 6.33 Å². The molecule has 2 aromatic rings. The second kappa shape index (κ2) is 9.57. The number of nitrogen functional groups attached to an aromatic ring is 1. The lowest BCUT2D eigenvalue weighted by Gasteiger charge is -2.25. The highest BCUT2D eigenvalue weighted by atomic mass is 32.1. The number of imidazole rings is 1. The van der Waals surface area contributed by atoms with E-state index in [0.29, 0.717) is 42.9 Å². The van der Waals surface area contributed by atoms with Crippen LogP contribution >= 0.6 is 12.6 Å². The molecule has 2 saturated heterocycles. The topological polar surface area (TPSA) is 136 Å². The van der Waals surface area contributed by atoms with E-state index in [9.17, 15) is 4.79 Å². The highest BCUT2D eigenvalue weighted by molar-refractivity contribution is 7.81. The van der Waals surface area contributed by atoms with Crippen molar-refractivity contribution in [1.29, 1.82) is 0 Å². The van der Waals surface area contributed by atoms with E-state index in [-0.39, 0.29) is 24.3 Å². The average Bonchev–Trinajstić information content (AvgIpc) is 3.38. The summed E-state index contributed by atoms with van der Waals surface area (Å²) in [6.07, 6.45) is 3.11. The SMILES string of the molecule is CC(C)(C)OC(=O)C(S)CCNCCC1OC(n2cnc3c(N)ncnc32)C2OC(C)(C)OC12. The molecule has 2 fully saturated rings. The molecule has 4 heterocycles. The van der Waals surface area contributed by atoms with Crippen LogP contribution in [0.1, 0.15) is 53.7 Å². The van der Waals surface area contributed by atoms with Crippen LogP contribution in [0.25, 0.3) is 11.2 Å². The minimum atomic E-state index is -0.722. The van der Waals surface area contributed by atoms with Gasteiger partial charge in [0.05, 0.1) is 12.4 Å². The first-order chi connectivity index (χ1) is 16.0. The van der Waals surface area contributed by atoms with Crippen molar-refractivity contribution in [2.45, 2.75) is 88.6 Å². The number of ether oxygens (including phenoxy) is 4. The molecule has 0 spiro atoms. The van der Waals surface area contributed by atoms with Crippen LogP contribution < -0.4 is 11.1 Å². The summed E-state index contributed by atoms with van der Waals surface area (Å²) in [7, 11) is 0. The van der Waals surface area contributed by atoms with E-state index in [0.717, 1.165) is 0 Å². The normalized spacial score (nSPS) is 27.1. The molecule has 5 atom stereocenters. The van der Waals surface area contributed by atoms with E-state index >= 15 is 0 Å². The Bertz CT molecular complexity index is 1020. The van der Waals surface area contributed by atoms with Gasteiger partial charge in [-0.15, -0.1) is 0 Å². The molecule has 2 aliphatic heterocycles. The Balaban J connectivity index is 1.35. The van der Waals surface area contributed by atoms with Crippen LogP contribution in [0, 0.1) is 0 Å². The molecule has 2 aliphatic rings. The number of esters is 1. The Morgan fingerprint density at radius 2 is 2.00 bits per heavy atom. The predicted octanol–water partition coefficient (Wildman–Crippen LogP) is 1.84. The minimum Gasteiger partial charge on any atom is -0.459 e. The lowest BCUT2D eigenvalue weighted by molar-refractivity contribution is -0.196. The molecule has 188 valence electrons. The number of rotatable bonds is 8. The Kier molecular flexibility index (Phi) is 7.07. The second-order valence-electron chi connectivity index (χ2n) is 10.1. The van der Waals surface area contributed by atoms with Gasteiger partial charge in [-0.2, -0.15) is 12.6 Å². The molecule has 0 saturated carbocycles. The number of nitrogens with zero attached hydrogens (tertiary/aromatic N) is 4. The predicted molar refractivity (Wildman–Crippen MR) is 128 cm³/mol. The summed E-state index contributed by atoms with van der Waals surface area (Å²) in [4.78, 5) is 24.8. The molecule has 11 nitrogen and oxygen atoms in total. The van der Waals surface area contributed by atoms with E-state index in [1.54, 1.807) is 6.33 Å². The van der Waals surface area contributed by atoms with Crippen LogP contribution in [-0.2, 0) is 23.7 Å². The summed E-state index contributed by atoms with van der Waals surface area (Å²) >= 11 is 4.37.